The molecule has 36 heavy (non-hydrogen) atoms. The summed E-state index contributed by atoms with van der Waals surface area (Å²) in [5, 5.41) is 7.22. The highest BCUT2D eigenvalue weighted by Crippen LogP contribution is 2.28. The van der Waals surface area contributed by atoms with Gasteiger partial charge in [0.25, 0.3) is 5.91 Å². The molecule has 0 saturated carbocycles. The van der Waals surface area contributed by atoms with Crippen LogP contribution in [0.2, 0.25) is 0 Å². The van der Waals surface area contributed by atoms with Crippen molar-refractivity contribution in [3.8, 4) is 16.9 Å². The molecule has 1 heterocycles. The molecule has 0 atom stereocenters. The fraction of sp³-hybridized carbons (Fsp3) is 0.154. The second-order valence-corrected chi connectivity index (χ2v) is 12.4. The van der Waals surface area contributed by atoms with Gasteiger partial charge >= 0.3 is 0 Å². The van der Waals surface area contributed by atoms with E-state index in [2.05, 4.69) is 0 Å². The normalized spacial score (nSPS) is 11.3. The third-order valence-electron chi connectivity index (χ3n) is 5.69. The number of sulfonamides is 1. The Labute approximate surface area is 223 Å². The van der Waals surface area contributed by atoms with Crippen LogP contribution in [0.1, 0.15) is 21.5 Å². The molecule has 10 heteroatoms. The molecule has 186 valence electrons. The first-order valence-corrected chi connectivity index (χ1v) is 15.1. The van der Waals surface area contributed by atoms with Crippen molar-refractivity contribution in [1.82, 2.24) is 4.90 Å². The lowest BCUT2D eigenvalue weighted by Gasteiger charge is -2.23. The molecule has 1 aromatic heterocycles. The maximum absolute atomic E-state index is 13.5. The van der Waals surface area contributed by atoms with E-state index in [0.717, 1.165) is 31.8 Å². The zero-order valence-corrected chi connectivity index (χ0v) is 22.7. The minimum Gasteiger partial charge on any atom is -0.497 e. The average molecular weight is 557 g/mol. The third-order valence-corrected chi connectivity index (χ3v) is 9.29. The van der Waals surface area contributed by atoms with Gasteiger partial charge in [-0.05, 0) is 59.5 Å². The Balaban J connectivity index is 1.55. The van der Waals surface area contributed by atoms with Gasteiger partial charge in [-0.15, -0.1) is 0 Å². The van der Waals surface area contributed by atoms with Gasteiger partial charge in [-0.25, -0.2) is 13.6 Å². The number of amides is 1. The summed E-state index contributed by atoms with van der Waals surface area (Å²) < 4.78 is 29.2. The SMILES string of the molecule is COc1ccc(CN(CCc2ccc(S(N)(=O)=O)cc2)C(=O)c2ccc(-c3cssc3=S)cc2)cc1. The number of carbonyl (C=O) groups excluding carboxylic acids is 1. The van der Waals surface area contributed by atoms with E-state index in [1.165, 1.54) is 12.1 Å². The van der Waals surface area contributed by atoms with Gasteiger partial charge < -0.3 is 9.64 Å². The summed E-state index contributed by atoms with van der Waals surface area (Å²) in [6, 6.07) is 21.5. The first-order valence-electron chi connectivity index (χ1n) is 11.0. The van der Waals surface area contributed by atoms with E-state index in [1.807, 2.05) is 53.9 Å². The van der Waals surface area contributed by atoms with Crippen molar-refractivity contribution in [3.05, 3.63) is 98.7 Å². The molecule has 0 bridgehead atoms. The van der Waals surface area contributed by atoms with Crippen molar-refractivity contribution < 1.29 is 17.9 Å². The summed E-state index contributed by atoms with van der Waals surface area (Å²) in [5.41, 5.74) is 4.46. The Kier molecular flexibility index (Phi) is 8.32. The molecule has 0 aliphatic rings. The molecule has 0 radical (unpaired) electrons. The fourth-order valence-corrected chi connectivity index (χ4v) is 6.60. The Morgan fingerprint density at radius 3 is 2.17 bits per heavy atom. The molecule has 4 aromatic rings. The number of ether oxygens (including phenoxy) is 1. The Morgan fingerprint density at radius 2 is 1.61 bits per heavy atom. The van der Waals surface area contributed by atoms with E-state index in [1.54, 1.807) is 44.8 Å². The van der Waals surface area contributed by atoms with Crippen LogP contribution >= 0.6 is 32.9 Å². The second kappa shape index (κ2) is 11.4. The van der Waals surface area contributed by atoms with Gasteiger partial charge in [0.05, 0.1) is 12.0 Å². The molecule has 0 fully saturated rings. The summed E-state index contributed by atoms with van der Waals surface area (Å²) in [7, 11) is 1.02. The van der Waals surface area contributed by atoms with E-state index in [0.29, 0.717) is 25.1 Å². The lowest BCUT2D eigenvalue weighted by molar-refractivity contribution is 0.0745. The number of nitrogens with zero attached hydrogens (tertiary/aromatic N) is 1. The predicted octanol–water partition coefficient (Wildman–Crippen LogP) is 5.75. The molecule has 0 aliphatic carbocycles. The van der Waals surface area contributed by atoms with Crippen molar-refractivity contribution in [1.29, 1.82) is 0 Å². The first-order chi connectivity index (χ1) is 17.2. The van der Waals surface area contributed by atoms with Gasteiger partial charge in [0.1, 0.15) is 9.57 Å². The van der Waals surface area contributed by atoms with Crippen molar-refractivity contribution in [3.63, 3.8) is 0 Å². The van der Waals surface area contributed by atoms with E-state index < -0.39 is 10.0 Å². The molecular formula is C26H24N2O4S4. The van der Waals surface area contributed by atoms with Crippen molar-refractivity contribution in [2.75, 3.05) is 13.7 Å². The van der Waals surface area contributed by atoms with Gasteiger partial charge in [-0.3, -0.25) is 4.79 Å². The van der Waals surface area contributed by atoms with Gasteiger partial charge in [0.15, 0.2) is 0 Å². The molecule has 1 amide bonds. The standard InChI is InChI=1S/C26H24N2O4S4/c1-32-22-10-2-19(3-11-22)16-28(15-14-18-4-12-23(13-5-18)36(27,30)31)25(29)21-8-6-20(7-9-21)24-17-34-35-26(24)33/h2-13,17H,14-16H2,1H3,(H2,27,30,31). The van der Waals surface area contributed by atoms with Crippen LogP contribution in [0.4, 0.5) is 0 Å². The molecule has 0 spiro atoms. The van der Waals surface area contributed by atoms with Crippen LogP contribution in [0, 0.1) is 3.82 Å². The van der Waals surface area contributed by atoms with E-state index in [-0.39, 0.29) is 10.8 Å². The first kappa shape index (κ1) is 26.2. The van der Waals surface area contributed by atoms with Gasteiger partial charge in [-0.1, -0.05) is 69.3 Å². The Bertz CT molecular complexity index is 1490. The molecule has 6 nitrogen and oxygen atoms in total. The molecule has 4 rings (SSSR count). The molecule has 0 aliphatic heterocycles. The molecular weight excluding hydrogens is 533 g/mol. The van der Waals surface area contributed by atoms with Crippen molar-refractivity contribution in [2.45, 2.75) is 17.9 Å². The van der Waals surface area contributed by atoms with E-state index in [4.69, 9.17) is 22.1 Å². The predicted molar refractivity (Wildman–Crippen MR) is 148 cm³/mol. The van der Waals surface area contributed by atoms with Crippen LogP contribution in [0.5, 0.6) is 5.75 Å². The van der Waals surface area contributed by atoms with Crippen LogP contribution < -0.4 is 9.88 Å². The minimum absolute atomic E-state index is 0.0613. The van der Waals surface area contributed by atoms with Crippen LogP contribution in [0.3, 0.4) is 0 Å². The Hall–Kier alpha value is -2.89. The van der Waals surface area contributed by atoms with Gasteiger partial charge in [0, 0.05) is 29.6 Å². The van der Waals surface area contributed by atoms with Crippen LogP contribution in [0.25, 0.3) is 11.1 Å². The van der Waals surface area contributed by atoms with Gasteiger partial charge in [-0.2, -0.15) is 0 Å². The second-order valence-electron chi connectivity index (χ2n) is 8.09. The number of hydrogen-bond acceptors (Lipinski definition) is 7. The highest BCUT2D eigenvalue weighted by Gasteiger charge is 2.17. The zero-order chi connectivity index (χ0) is 25.7. The van der Waals surface area contributed by atoms with Crippen molar-refractivity contribution >= 4 is 48.8 Å². The lowest BCUT2D eigenvalue weighted by atomic mass is 10.1. The smallest absolute Gasteiger partial charge is 0.254 e. The van der Waals surface area contributed by atoms with Gasteiger partial charge in [0.2, 0.25) is 10.0 Å². The quantitative estimate of drug-likeness (QED) is 0.210. The molecule has 2 N–H and O–H groups in total. The summed E-state index contributed by atoms with van der Waals surface area (Å²) in [6.07, 6.45) is 0.556. The number of nitrogens with two attached hydrogens (primary N) is 1. The van der Waals surface area contributed by atoms with Crippen LogP contribution in [-0.4, -0.2) is 32.9 Å². The maximum atomic E-state index is 13.5. The molecule has 3 aromatic carbocycles. The minimum atomic E-state index is -3.75. The summed E-state index contributed by atoms with van der Waals surface area (Å²) in [5.74, 6) is 0.655. The van der Waals surface area contributed by atoms with Crippen LogP contribution in [0.15, 0.2) is 83.1 Å². The highest BCUT2D eigenvalue weighted by molar-refractivity contribution is 7.89. The van der Waals surface area contributed by atoms with Crippen molar-refractivity contribution in [2.24, 2.45) is 5.14 Å². The largest absolute Gasteiger partial charge is 0.497 e. The lowest BCUT2D eigenvalue weighted by Crippen LogP contribution is -2.32. The fourth-order valence-electron chi connectivity index (χ4n) is 3.68. The van der Waals surface area contributed by atoms with Crippen LogP contribution in [-0.2, 0) is 23.0 Å². The summed E-state index contributed by atoms with van der Waals surface area (Å²) in [4.78, 5) is 15.4. The number of methoxy groups -OCH3 is 1. The molecule has 0 unspecified atom stereocenters. The number of primary sulfonamides is 1. The molecule has 0 saturated heterocycles. The van der Waals surface area contributed by atoms with E-state index in [9.17, 15) is 13.2 Å². The number of carbonyl (C=O) groups is 1. The average Bonchev–Trinajstić information content (AvgIpc) is 3.32. The number of hydrogen-bond donors (Lipinski definition) is 1. The topological polar surface area (TPSA) is 89.7 Å². The Morgan fingerprint density at radius 1 is 0.972 bits per heavy atom. The highest BCUT2D eigenvalue weighted by atomic mass is 32.9. The summed E-state index contributed by atoms with van der Waals surface area (Å²) in [6.45, 7) is 0.867. The number of benzene rings is 3. The maximum Gasteiger partial charge on any atom is 0.254 e. The monoisotopic (exact) mass is 556 g/mol. The zero-order valence-electron chi connectivity index (χ0n) is 19.4. The third kappa shape index (κ3) is 6.45. The summed E-state index contributed by atoms with van der Waals surface area (Å²) >= 11 is 5.40. The van der Waals surface area contributed by atoms with E-state index >= 15 is 0 Å². The number of rotatable bonds is 9.